The standard InChI is InChI=1S/C14H14Cl2N2S/c15-13-6-14(16)17-7-10(13)8-18(11-3-4-11)9-12-2-1-5-19-12/h1-2,5-7,11H,3-4,8-9H2. The van der Waals surface area contributed by atoms with Gasteiger partial charge in [0.05, 0.1) is 0 Å². The zero-order chi connectivity index (χ0) is 13.2. The smallest absolute Gasteiger partial charge is 0.130 e. The van der Waals surface area contributed by atoms with E-state index < -0.39 is 0 Å². The molecule has 2 nitrogen and oxygen atoms in total. The summed E-state index contributed by atoms with van der Waals surface area (Å²) in [7, 11) is 0. The van der Waals surface area contributed by atoms with Gasteiger partial charge in [0, 0.05) is 40.8 Å². The Morgan fingerprint density at radius 3 is 2.79 bits per heavy atom. The van der Waals surface area contributed by atoms with Gasteiger partial charge in [-0.05, 0) is 30.4 Å². The lowest BCUT2D eigenvalue weighted by molar-refractivity contribution is 0.248. The molecule has 0 saturated heterocycles. The van der Waals surface area contributed by atoms with E-state index in [1.165, 1.54) is 17.7 Å². The minimum atomic E-state index is 0.449. The molecule has 2 aromatic heterocycles. The highest BCUT2D eigenvalue weighted by molar-refractivity contribution is 7.09. The van der Waals surface area contributed by atoms with Crippen LogP contribution >= 0.6 is 34.5 Å². The van der Waals surface area contributed by atoms with Gasteiger partial charge in [0.25, 0.3) is 0 Å². The van der Waals surface area contributed by atoms with Crippen molar-refractivity contribution in [2.45, 2.75) is 32.0 Å². The van der Waals surface area contributed by atoms with Crippen LogP contribution in [0, 0.1) is 0 Å². The van der Waals surface area contributed by atoms with Crippen LogP contribution in [0.3, 0.4) is 0 Å². The highest BCUT2D eigenvalue weighted by Crippen LogP contribution is 2.32. The van der Waals surface area contributed by atoms with Crippen LogP contribution in [-0.4, -0.2) is 15.9 Å². The van der Waals surface area contributed by atoms with Crippen molar-refractivity contribution in [3.05, 3.63) is 50.4 Å². The number of nitrogens with zero attached hydrogens (tertiary/aromatic N) is 2. The van der Waals surface area contributed by atoms with Gasteiger partial charge in [-0.15, -0.1) is 11.3 Å². The lowest BCUT2D eigenvalue weighted by Crippen LogP contribution is -2.24. The van der Waals surface area contributed by atoms with Crippen molar-refractivity contribution in [1.29, 1.82) is 0 Å². The van der Waals surface area contributed by atoms with Gasteiger partial charge in [-0.25, -0.2) is 4.98 Å². The summed E-state index contributed by atoms with van der Waals surface area (Å²) in [6.07, 6.45) is 4.35. The monoisotopic (exact) mass is 312 g/mol. The number of pyridine rings is 1. The molecule has 0 aromatic carbocycles. The molecular weight excluding hydrogens is 299 g/mol. The second-order valence-electron chi connectivity index (χ2n) is 4.81. The van der Waals surface area contributed by atoms with Crippen LogP contribution in [0.25, 0.3) is 0 Å². The molecule has 1 aliphatic carbocycles. The largest absolute Gasteiger partial charge is 0.291 e. The molecular formula is C14H14Cl2N2S. The maximum atomic E-state index is 6.23. The maximum absolute atomic E-state index is 6.23. The molecule has 0 bridgehead atoms. The van der Waals surface area contributed by atoms with Gasteiger partial charge in [-0.3, -0.25) is 4.90 Å². The summed E-state index contributed by atoms with van der Waals surface area (Å²) < 4.78 is 0. The molecule has 2 heterocycles. The topological polar surface area (TPSA) is 16.1 Å². The summed E-state index contributed by atoms with van der Waals surface area (Å²) in [6, 6.07) is 6.69. The second kappa shape index (κ2) is 5.80. The number of halogens is 2. The third kappa shape index (κ3) is 3.48. The molecule has 0 N–H and O–H groups in total. The molecule has 1 fully saturated rings. The molecule has 3 rings (SSSR count). The first-order valence-electron chi connectivity index (χ1n) is 6.29. The van der Waals surface area contributed by atoms with Crippen molar-refractivity contribution in [2.24, 2.45) is 0 Å². The van der Waals surface area contributed by atoms with E-state index in [2.05, 4.69) is 27.4 Å². The summed E-state index contributed by atoms with van der Waals surface area (Å²) in [4.78, 5) is 8.00. The van der Waals surface area contributed by atoms with Crippen LogP contribution in [0.5, 0.6) is 0 Å². The van der Waals surface area contributed by atoms with E-state index in [4.69, 9.17) is 23.2 Å². The first kappa shape index (κ1) is 13.4. The first-order chi connectivity index (χ1) is 9.22. The van der Waals surface area contributed by atoms with Gasteiger partial charge in [-0.1, -0.05) is 29.3 Å². The molecule has 0 radical (unpaired) electrons. The summed E-state index contributed by atoms with van der Waals surface area (Å²) in [5, 5.41) is 3.28. The Hall–Kier alpha value is -0.610. The lowest BCUT2D eigenvalue weighted by Gasteiger charge is -2.21. The van der Waals surface area contributed by atoms with Crippen LogP contribution < -0.4 is 0 Å². The number of hydrogen-bond donors (Lipinski definition) is 0. The van der Waals surface area contributed by atoms with E-state index in [-0.39, 0.29) is 0 Å². The predicted molar refractivity (Wildman–Crippen MR) is 80.8 cm³/mol. The summed E-state index contributed by atoms with van der Waals surface area (Å²) in [5.41, 5.74) is 1.05. The van der Waals surface area contributed by atoms with E-state index in [1.807, 2.05) is 0 Å². The fraction of sp³-hybridized carbons (Fsp3) is 0.357. The maximum Gasteiger partial charge on any atom is 0.130 e. The van der Waals surface area contributed by atoms with Crippen LogP contribution in [0.1, 0.15) is 23.3 Å². The van der Waals surface area contributed by atoms with Crippen LogP contribution in [-0.2, 0) is 13.1 Å². The predicted octanol–water partition coefficient (Wildman–Crippen LogP) is 4.61. The molecule has 100 valence electrons. The van der Waals surface area contributed by atoms with Gasteiger partial charge in [0.1, 0.15) is 5.15 Å². The van der Waals surface area contributed by atoms with E-state index >= 15 is 0 Å². The average Bonchev–Trinajstić information content (AvgIpc) is 3.10. The van der Waals surface area contributed by atoms with Gasteiger partial charge in [0.15, 0.2) is 0 Å². The van der Waals surface area contributed by atoms with Gasteiger partial charge in [-0.2, -0.15) is 0 Å². The fourth-order valence-electron chi connectivity index (χ4n) is 2.13. The number of thiophene rings is 1. The first-order valence-corrected chi connectivity index (χ1v) is 7.92. The number of aromatic nitrogens is 1. The quantitative estimate of drug-likeness (QED) is 0.749. The van der Waals surface area contributed by atoms with Crippen molar-refractivity contribution < 1.29 is 0 Å². The Morgan fingerprint density at radius 2 is 2.16 bits per heavy atom. The van der Waals surface area contributed by atoms with Gasteiger partial charge < -0.3 is 0 Å². The molecule has 0 amide bonds. The van der Waals surface area contributed by atoms with Gasteiger partial charge >= 0.3 is 0 Å². The minimum Gasteiger partial charge on any atom is -0.291 e. The van der Waals surface area contributed by atoms with Crippen molar-refractivity contribution in [1.82, 2.24) is 9.88 Å². The van der Waals surface area contributed by atoms with Crippen LogP contribution in [0.15, 0.2) is 29.8 Å². The normalized spacial score (nSPS) is 15.1. The average molecular weight is 313 g/mol. The minimum absolute atomic E-state index is 0.449. The molecule has 19 heavy (non-hydrogen) atoms. The van der Waals surface area contributed by atoms with Crippen molar-refractivity contribution in [3.63, 3.8) is 0 Å². The SMILES string of the molecule is Clc1cc(Cl)c(CN(Cc2cccs2)C2CC2)cn1. The van der Waals surface area contributed by atoms with E-state index in [0.717, 1.165) is 18.7 Å². The molecule has 0 atom stereocenters. The molecule has 0 aliphatic heterocycles. The summed E-state index contributed by atoms with van der Waals surface area (Å²) in [5.74, 6) is 0. The third-order valence-corrected chi connectivity index (χ3v) is 4.69. The van der Waals surface area contributed by atoms with E-state index in [9.17, 15) is 0 Å². The third-order valence-electron chi connectivity index (χ3n) is 3.27. The zero-order valence-electron chi connectivity index (χ0n) is 10.4. The molecule has 5 heteroatoms. The lowest BCUT2D eigenvalue weighted by atomic mass is 10.2. The second-order valence-corrected chi connectivity index (χ2v) is 6.64. The Bertz CT molecular complexity index is 553. The molecule has 0 unspecified atom stereocenters. The number of rotatable bonds is 5. The molecule has 2 aromatic rings. The summed E-state index contributed by atoms with van der Waals surface area (Å²) >= 11 is 13.9. The van der Waals surface area contributed by atoms with Crippen LogP contribution in [0.2, 0.25) is 10.2 Å². The van der Waals surface area contributed by atoms with Crippen LogP contribution in [0.4, 0.5) is 0 Å². The zero-order valence-corrected chi connectivity index (χ0v) is 12.7. The molecule has 0 spiro atoms. The van der Waals surface area contributed by atoms with E-state index in [0.29, 0.717) is 16.2 Å². The van der Waals surface area contributed by atoms with Gasteiger partial charge in [0.2, 0.25) is 0 Å². The molecule has 1 aliphatic rings. The van der Waals surface area contributed by atoms with Crippen molar-refractivity contribution >= 4 is 34.5 Å². The van der Waals surface area contributed by atoms with Crippen molar-refractivity contribution in [3.8, 4) is 0 Å². The van der Waals surface area contributed by atoms with E-state index in [1.54, 1.807) is 23.6 Å². The Labute approximate surface area is 127 Å². The Morgan fingerprint density at radius 1 is 1.32 bits per heavy atom. The summed E-state index contributed by atoms with van der Waals surface area (Å²) in [6.45, 7) is 1.83. The Kier molecular flexibility index (Phi) is 4.08. The fourth-order valence-corrected chi connectivity index (χ4v) is 3.28. The highest BCUT2D eigenvalue weighted by atomic mass is 35.5. The van der Waals surface area contributed by atoms with Crippen molar-refractivity contribution in [2.75, 3.05) is 0 Å². The highest BCUT2D eigenvalue weighted by Gasteiger charge is 2.29. The number of hydrogen-bond acceptors (Lipinski definition) is 3. The molecule has 1 saturated carbocycles. The Balaban J connectivity index is 1.74.